The van der Waals surface area contributed by atoms with Gasteiger partial charge in [-0.2, -0.15) is 13.2 Å². The normalized spacial score (nSPS) is 18.0. The third kappa shape index (κ3) is 9.16. The van der Waals surface area contributed by atoms with Gasteiger partial charge < -0.3 is 15.2 Å². The zero-order chi connectivity index (χ0) is 21.4. The molecule has 0 radical (unpaired) electrons. The lowest BCUT2D eigenvalue weighted by Gasteiger charge is -2.19. The molecule has 0 aromatic carbocycles. The van der Waals surface area contributed by atoms with E-state index >= 15 is 0 Å². The van der Waals surface area contributed by atoms with Crippen LogP contribution in [-0.4, -0.2) is 77.3 Å². The lowest BCUT2D eigenvalue weighted by molar-refractivity contribution is -0.143. The summed E-state index contributed by atoms with van der Waals surface area (Å²) in [6.45, 7) is 5.89. The number of aryl methyl sites for hydroxylation is 1. The molecular formula is C18H33F3IN7S. The van der Waals surface area contributed by atoms with Gasteiger partial charge in [0.1, 0.15) is 5.82 Å². The molecule has 2 N–H and O–H groups in total. The molecule has 1 atom stereocenters. The minimum absolute atomic E-state index is 0. The highest BCUT2D eigenvalue weighted by Crippen LogP contribution is 2.20. The molecule has 1 saturated heterocycles. The number of hydrogen-bond acceptors (Lipinski definition) is 5. The number of aliphatic imine (C=N–C) groups is 1. The van der Waals surface area contributed by atoms with Crippen molar-refractivity contribution in [2.75, 3.05) is 39.5 Å². The van der Waals surface area contributed by atoms with E-state index in [1.165, 1.54) is 4.90 Å². The van der Waals surface area contributed by atoms with E-state index in [-0.39, 0.29) is 30.0 Å². The van der Waals surface area contributed by atoms with E-state index in [0.717, 1.165) is 30.4 Å². The largest absolute Gasteiger partial charge is 0.401 e. The van der Waals surface area contributed by atoms with Gasteiger partial charge >= 0.3 is 6.18 Å². The van der Waals surface area contributed by atoms with Crippen LogP contribution in [0, 0.1) is 5.92 Å². The molecule has 0 bridgehead atoms. The van der Waals surface area contributed by atoms with Crippen LogP contribution >= 0.6 is 35.7 Å². The Balaban J connectivity index is 0.00000450. The smallest absolute Gasteiger partial charge is 0.356 e. The SMILES string of the molecule is CN=C(NCCCc1nnc(SC)n1CC(C)C)NC1CCN(CC(F)(F)F)C1.I. The standard InChI is InChI=1S/C18H32F3N7S.HI/c1-13(2)10-28-15(25-26-17(28)29-4)6-5-8-23-16(22-3)24-14-7-9-27(11-14)12-18(19,20)21;/h13-14H,5-12H2,1-4H3,(H2,22,23,24);1H. The van der Waals surface area contributed by atoms with Crippen molar-refractivity contribution in [2.45, 2.75) is 57.0 Å². The monoisotopic (exact) mass is 563 g/mol. The van der Waals surface area contributed by atoms with Gasteiger partial charge in [-0.15, -0.1) is 34.2 Å². The fourth-order valence-corrected chi connectivity index (χ4v) is 3.92. The molecule has 1 aliphatic heterocycles. The van der Waals surface area contributed by atoms with Gasteiger partial charge in [0.05, 0.1) is 6.54 Å². The number of guanidine groups is 1. The van der Waals surface area contributed by atoms with E-state index in [1.807, 2.05) is 6.26 Å². The lowest BCUT2D eigenvalue weighted by Crippen LogP contribution is -2.45. The number of aromatic nitrogens is 3. The topological polar surface area (TPSA) is 70.4 Å². The molecule has 0 amide bonds. The Bertz CT molecular complexity index is 667. The fraction of sp³-hybridized carbons (Fsp3) is 0.833. The molecule has 1 unspecified atom stereocenters. The van der Waals surface area contributed by atoms with Gasteiger partial charge in [0.15, 0.2) is 11.1 Å². The van der Waals surface area contributed by atoms with Crippen LogP contribution in [0.25, 0.3) is 0 Å². The van der Waals surface area contributed by atoms with Gasteiger partial charge in [0.2, 0.25) is 0 Å². The summed E-state index contributed by atoms with van der Waals surface area (Å²) in [5.41, 5.74) is 0. The number of nitrogens with zero attached hydrogens (tertiary/aromatic N) is 5. The Morgan fingerprint density at radius 1 is 1.33 bits per heavy atom. The summed E-state index contributed by atoms with van der Waals surface area (Å²) in [5, 5.41) is 16.0. The van der Waals surface area contributed by atoms with Crippen molar-refractivity contribution in [1.82, 2.24) is 30.3 Å². The highest BCUT2D eigenvalue weighted by atomic mass is 127. The summed E-state index contributed by atoms with van der Waals surface area (Å²) in [6, 6.07) is -0.0261. The van der Waals surface area contributed by atoms with Gasteiger partial charge in [-0.1, -0.05) is 25.6 Å². The zero-order valence-electron chi connectivity index (χ0n) is 18.0. The Morgan fingerprint density at radius 3 is 2.67 bits per heavy atom. The van der Waals surface area contributed by atoms with Crippen LogP contribution in [0.4, 0.5) is 13.2 Å². The van der Waals surface area contributed by atoms with Gasteiger partial charge in [0, 0.05) is 45.7 Å². The average Bonchev–Trinajstić information content (AvgIpc) is 3.22. The molecule has 12 heteroatoms. The first-order valence-corrected chi connectivity index (χ1v) is 11.2. The second-order valence-electron chi connectivity index (χ2n) is 7.69. The Labute approximate surface area is 198 Å². The molecule has 1 aromatic heterocycles. The van der Waals surface area contributed by atoms with Crippen LogP contribution in [0.5, 0.6) is 0 Å². The van der Waals surface area contributed by atoms with Crippen molar-refractivity contribution in [3.8, 4) is 0 Å². The number of thioether (sulfide) groups is 1. The van der Waals surface area contributed by atoms with Crippen LogP contribution in [0.2, 0.25) is 0 Å². The first kappa shape index (κ1) is 27.3. The number of hydrogen-bond donors (Lipinski definition) is 2. The predicted octanol–water partition coefficient (Wildman–Crippen LogP) is 3.01. The molecule has 2 heterocycles. The molecule has 1 aromatic rings. The van der Waals surface area contributed by atoms with Crippen molar-refractivity contribution in [1.29, 1.82) is 0 Å². The molecule has 1 fully saturated rings. The molecule has 0 saturated carbocycles. The van der Waals surface area contributed by atoms with Crippen LogP contribution in [0.15, 0.2) is 10.1 Å². The third-order valence-electron chi connectivity index (χ3n) is 4.63. The molecule has 2 rings (SSSR count). The number of rotatable bonds is 9. The van der Waals surface area contributed by atoms with Crippen molar-refractivity contribution in [3.05, 3.63) is 5.82 Å². The van der Waals surface area contributed by atoms with E-state index in [2.05, 4.69) is 44.2 Å². The lowest BCUT2D eigenvalue weighted by atomic mass is 10.2. The van der Waals surface area contributed by atoms with E-state index in [1.54, 1.807) is 18.8 Å². The van der Waals surface area contributed by atoms with E-state index in [4.69, 9.17) is 0 Å². The number of likely N-dealkylation sites (tertiary alicyclic amines) is 1. The molecule has 7 nitrogen and oxygen atoms in total. The molecule has 0 aliphatic carbocycles. The minimum Gasteiger partial charge on any atom is -0.356 e. The highest BCUT2D eigenvalue weighted by Gasteiger charge is 2.34. The summed E-state index contributed by atoms with van der Waals surface area (Å²) < 4.78 is 39.7. The first-order valence-electron chi connectivity index (χ1n) is 9.94. The maximum Gasteiger partial charge on any atom is 0.401 e. The van der Waals surface area contributed by atoms with Gasteiger partial charge in [-0.25, -0.2) is 0 Å². The number of halogens is 4. The summed E-state index contributed by atoms with van der Waals surface area (Å²) >= 11 is 1.60. The van der Waals surface area contributed by atoms with Crippen LogP contribution in [-0.2, 0) is 13.0 Å². The maximum atomic E-state index is 12.5. The Morgan fingerprint density at radius 2 is 2.07 bits per heavy atom. The highest BCUT2D eigenvalue weighted by molar-refractivity contribution is 14.0. The van der Waals surface area contributed by atoms with Crippen molar-refractivity contribution >= 4 is 41.7 Å². The van der Waals surface area contributed by atoms with Gasteiger partial charge in [-0.05, 0) is 25.0 Å². The summed E-state index contributed by atoms with van der Waals surface area (Å²) in [6.07, 6.45) is 0.178. The van der Waals surface area contributed by atoms with E-state index < -0.39 is 12.7 Å². The van der Waals surface area contributed by atoms with Crippen LogP contribution in [0.1, 0.15) is 32.5 Å². The molecule has 30 heavy (non-hydrogen) atoms. The second-order valence-corrected chi connectivity index (χ2v) is 8.46. The number of nitrogens with one attached hydrogen (secondary N) is 2. The van der Waals surface area contributed by atoms with Gasteiger partial charge in [-0.3, -0.25) is 9.89 Å². The van der Waals surface area contributed by atoms with Crippen LogP contribution in [0.3, 0.4) is 0 Å². The molecule has 1 aliphatic rings. The Kier molecular flexibility index (Phi) is 11.8. The van der Waals surface area contributed by atoms with E-state index in [9.17, 15) is 13.2 Å². The summed E-state index contributed by atoms with van der Waals surface area (Å²) in [4.78, 5) is 5.61. The Hall–Kier alpha value is -0.760. The van der Waals surface area contributed by atoms with E-state index in [0.29, 0.717) is 37.9 Å². The van der Waals surface area contributed by atoms with Crippen molar-refractivity contribution in [3.63, 3.8) is 0 Å². The third-order valence-corrected chi connectivity index (χ3v) is 5.30. The second kappa shape index (κ2) is 12.9. The molecule has 0 spiro atoms. The first-order chi connectivity index (χ1) is 13.7. The average molecular weight is 563 g/mol. The maximum absolute atomic E-state index is 12.5. The fourth-order valence-electron chi connectivity index (χ4n) is 3.39. The molecular weight excluding hydrogens is 530 g/mol. The number of alkyl halides is 3. The predicted molar refractivity (Wildman–Crippen MR) is 126 cm³/mol. The van der Waals surface area contributed by atoms with Crippen molar-refractivity contribution < 1.29 is 13.2 Å². The summed E-state index contributed by atoms with van der Waals surface area (Å²) in [7, 11) is 1.67. The van der Waals surface area contributed by atoms with Crippen molar-refractivity contribution in [2.24, 2.45) is 10.9 Å². The molecule has 174 valence electrons. The minimum atomic E-state index is -4.15. The van der Waals surface area contributed by atoms with Gasteiger partial charge in [0.25, 0.3) is 0 Å². The summed E-state index contributed by atoms with van der Waals surface area (Å²) in [5.74, 6) is 2.11. The van der Waals surface area contributed by atoms with Crippen LogP contribution < -0.4 is 10.6 Å². The zero-order valence-corrected chi connectivity index (χ0v) is 21.1. The quantitative estimate of drug-likeness (QED) is 0.158.